The maximum Gasteiger partial charge on any atom is 0.319 e. The standard InChI is InChI=1S/C17H22N4O3/c1-3-23-16-9-13-8-12(2)24-15(13)10-14(16)20-17(22)19-5-7-21-6-4-18-11-21/h4,6,9-12H,3,5,7-8H2,1-2H3,(H2,19,20,22)/t12-/m0/s1. The minimum absolute atomic E-state index is 0.147. The fourth-order valence-corrected chi connectivity index (χ4v) is 2.70. The molecule has 0 bridgehead atoms. The predicted octanol–water partition coefficient (Wildman–Crippen LogP) is 2.43. The Labute approximate surface area is 141 Å². The normalized spacial score (nSPS) is 15.5. The van der Waals surface area contributed by atoms with E-state index in [1.165, 1.54) is 0 Å². The Bertz CT molecular complexity index is 700. The van der Waals surface area contributed by atoms with Crippen molar-refractivity contribution in [3.05, 3.63) is 36.4 Å². The topological polar surface area (TPSA) is 77.4 Å². The number of aromatic nitrogens is 2. The van der Waals surface area contributed by atoms with E-state index >= 15 is 0 Å². The summed E-state index contributed by atoms with van der Waals surface area (Å²) in [7, 11) is 0. The third-order valence-corrected chi connectivity index (χ3v) is 3.76. The van der Waals surface area contributed by atoms with Gasteiger partial charge in [0.25, 0.3) is 0 Å². The van der Waals surface area contributed by atoms with Gasteiger partial charge in [0.15, 0.2) is 0 Å². The summed E-state index contributed by atoms with van der Waals surface area (Å²) in [5, 5.41) is 5.66. The van der Waals surface area contributed by atoms with E-state index in [0.29, 0.717) is 31.1 Å². The minimum Gasteiger partial charge on any atom is -0.492 e. The number of anilines is 1. The van der Waals surface area contributed by atoms with Gasteiger partial charge in [0, 0.05) is 43.5 Å². The molecule has 3 rings (SSSR count). The van der Waals surface area contributed by atoms with Crippen LogP contribution < -0.4 is 20.1 Å². The molecule has 1 aliphatic rings. The number of carbonyl (C=O) groups is 1. The van der Waals surface area contributed by atoms with E-state index < -0.39 is 0 Å². The Hall–Kier alpha value is -2.70. The van der Waals surface area contributed by atoms with Gasteiger partial charge in [0.05, 0.1) is 18.6 Å². The van der Waals surface area contributed by atoms with Crippen LogP contribution in [0.2, 0.25) is 0 Å². The zero-order valence-electron chi connectivity index (χ0n) is 13.9. The van der Waals surface area contributed by atoms with Crippen LogP contribution in [0.3, 0.4) is 0 Å². The number of rotatable bonds is 6. The maximum absolute atomic E-state index is 12.1. The molecule has 1 atom stereocenters. The highest BCUT2D eigenvalue weighted by molar-refractivity contribution is 5.91. The van der Waals surface area contributed by atoms with Crippen molar-refractivity contribution in [3.8, 4) is 11.5 Å². The fraction of sp³-hybridized carbons (Fsp3) is 0.412. The summed E-state index contributed by atoms with van der Waals surface area (Å²) in [6.07, 6.45) is 6.28. The molecule has 0 aliphatic carbocycles. The van der Waals surface area contributed by atoms with Crippen molar-refractivity contribution < 1.29 is 14.3 Å². The number of fused-ring (bicyclic) bond motifs is 1. The van der Waals surface area contributed by atoms with Gasteiger partial charge in [-0.05, 0) is 19.9 Å². The van der Waals surface area contributed by atoms with E-state index in [1.807, 2.05) is 36.7 Å². The van der Waals surface area contributed by atoms with Crippen LogP contribution in [0.25, 0.3) is 0 Å². The maximum atomic E-state index is 12.1. The first-order valence-electron chi connectivity index (χ1n) is 8.12. The lowest BCUT2D eigenvalue weighted by atomic mass is 10.1. The largest absolute Gasteiger partial charge is 0.492 e. The quantitative estimate of drug-likeness (QED) is 0.853. The lowest BCUT2D eigenvalue weighted by Gasteiger charge is -2.14. The van der Waals surface area contributed by atoms with Gasteiger partial charge in [-0.1, -0.05) is 0 Å². The van der Waals surface area contributed by atoms with E-state index in [0.717, 1.165) is 17.7 Å². The number of nitrogens with one attached hydrogen (secondary N) is 2. The van der Waals surface area contributed by atoms with Crippen LogP contribution in [-0.4, -0.2) is 34.8 Å². The van der Waals surface area contributed by atoms with Crippen molar-refractivity contribution in [2.75, 3.05) is 18.5 Å². The molecule has 1 aromatic heterocycles. The molecule has 0 unspecified atom stereocenters. The summed E-state index contributed by atoms with van der Waals surface area (Å²) in [6, 6.07) is 3.50. The molecule has 2 N–H and O–H groups in total. The highest BCUT2D eigenvalue weighted by Crippen LogP contribution is 2.37. The molecule has 2 amide bonds. The second-order valence-corrected chi connectivity index (χ2v) is 5.70. The van der Waals surface area contributed by atoms with Gasteiger partial charge in [0.1, 0.15) is 17.6 Å². The molecule has 128 valence electrons. The van der Waals surface area contributed by atoms with Crippen LogP contribution in [-0.2, 0) is 13.0 Å². The summed E-state index contributed by atoms with van der Waals surface area (Å²) in [5.74, 6) is 1.47. The second kappa shape index (κ2) is 7.25. The predicted molar refractivity (Wildman–Crippen MR) is 90.7 cm³/mol. The number of imidazole rings is 1. The Balaban J connectivity index is 1.62. The average Bonchev–Trinajstić information content (AvgIpc) is 3.16. The molecule has 2 heterocycles. The smallest absolute Gasteiger partial charge is 0.319 e. The summed E-state index contributed by atoms with van der Waals surface area (Å²) in [4.78, 5) is 16.1. The summed E-state index contributed by atoms with van der Waals surface area (Å²) in [6.45, 7) is 5.64. The molecule has 2 aromatic rings. The summed E-state index contributed by atoms with van der Waals surface area (Å²) in [5.41, 5.74) is 1.72. The van der Waals surface area contributed by atoms with E-state index in [9.17, 15) is 4.79 Å². The first-order valence-corrected chi connectivity index (χ1v) is 8.12. The molecule has 0 spiro atoms. The molecule has 1 aliphatic heterocycles. The van der Waals surface area contributed by atoms with Crippen molar-refractivity contribution in [1.29, 1.82) is 0 Å². The lowest BCUT2D eigenvalue weighted by molar-refractivity contribution is 0.251. The van der Waals surface area contributed by atoms with Crippen molar-refractivity contribution >= 4 is 11.7 Å². The lowest BCUT2D eigenvalue weighted by Crippen LogP contribution is -2.31. The van der Waals surface area contributed by atoms with Gasteiger partial charge in [-0.25, -0.2) is 9.78 Å². The Kier molecular flexibility index (Phi) is 4.88. The molecule has 0 radical (unpaired) electrons. The van der Waals surface area contributed by atoms with Crippen LogP contribution in [0.4, 0.5) is 10.5 Å². The van der Waals surface area contributed by atoms with E-state index in [1.54, 1.807) is 12.5 Å². The van der Waals surface area contributed by atoms with E-state index in [-0.39, 0.29) is 12.1 Å². The third-order valence-electron chi connectivity index (χ3n) is 3.76. The summed E-state index contributed by atoms with van der Waals surface area (Å²) < 4.78 is 13.3. The minimum atomic E-state index is -0.276. The second-order valence-electron chi connectivity index (χ2n) is 5.70. The van der Waals surface area contributed by atoms with Gasteiger partial charge in [-0.3, -0.25) is 0 Å². The highest BCUT2D eigenvalue weighted by Gasteiger charge is 2.22. The van der Waals surface area contributed by atoms with Crippen molar-refractivity contribution in [2.45, 2.75) is 32.9 Å². The Morgan fingerprint density at radius 1 is 1.50 bits per heavy atom. The number of ether oxygens (including phenoxy) is 2. The van der Waals surface area contributed by atoms with Gasteiger partial charge in [-0.2, -0.15) is 0 Å². The van der Waals surface area contributed by atoms with Crippen molar-refractivity contribution in [1.82, 2.24) is 14.9 Å². The van der Waals surface area contributed by atoms with E-state index in [2.05, 4.69) is 15.6 Å². The highest BCUT2D eigenvalue weighted by atomic mass is 16.5. The Morgan fingerprint density at radius 2 is 2.38 bits per heavy atom. The first-order chi connectivity index (χ1) is 11.7. The zero-order valence-corrected chi connectivity index (χ0v) is 13.9. The van der Waals surface area contributed by atoms with Gasteiger partial charge in [-0.15, -0.1) is 0 Å². The fourth-order valence-electron chi connectivity index (χ4n) is 2.70. The number of benzene rings is 1. The molecule has 7 heteroatoms. The molecule has 0 saturated heterocycles. The van der Waals surface area contributed by atoms with Gasteiger partial charge >= 0.3 is 6.03 Å². The van der Waals surface area contributed by atoms with Crippen LogP contribution in [0, 0.1) is 0 Å². The molecule has 1 aromatic carbocycles. The monoisotopic (exact) mass is 330 g/mol. The number of amides is 2. The van der Waals surface area contributed by atoms with Crippen LogP contribution >= 0.6 is 0 Å². The zero-order chi connectivity index (χ0) is 16.9. The third kappa shape index (κ3) is 3.79. The van der Waals surface area contributed by atoms with Crippen LogP contribution in [0.15, 0.2) is 30.9 Å². The number of hydrogen-bond donors (Lipinski definition) is 2. The number of urea groups is 1. The van der Waals surface area contributed by atoms with Gasteiger partial charge < -0.3 is 24.7 Å². The first kappa shape index (κ1) is 16.2. The number of nitrogens with zero attached hydrogens (tertiary/aromatic N) is 2. The molecular weight excluding hydrogens is 308 g/mol. The SMILES string of the molecule is CCOc1cc2c(cc1NC(=O)NCCn1ccnc1)O[C@@H](C)C2. The van der Waals surface area contributed by atoms with Crippen LogP contribution in [0.1, 0.15) is 19.4 Å². The van der Waals surface area contributed by atoms with Gasteiger partial charge in [0.2, 0.25) is 0 Å². The average molecular weight is 330 g/mol. The molecule has 7 nitrogen and oxygen atoms in total. The molecule has 0 saturated carbocycles. The molecule has 24 heavy (non-hydrogen) atoms. The molecular formula is C17H22N4O3. The van der Waals surface area contributed by atoms with Crippen molar-refractivity contribution in [2.24, 2.45) is 0 Å². The number of carbonyl (C=O) groups excluding carboxylic acids is 1. The summed E-state index contributed by atoms with van der Waals surface area (Å²) >= 11 is 0. The van der Waals surface area contributed by atoms with Crippen LogP contribution in [0.5, 0.6) is 11.5 Å². The van der Waals surface area contributed by atoms with Crippen molar-refractivity contribution in [3.63, 3.8) is 0 Å². The van der Waals surface area contributed by atoms with E-state index in [4.69, 9.17) is 9.47 Å². The molecule has 0 fully saturated rings. The number of hydrogen-bond acceptors (Lipinski definition) is 4. The Morgan fingerprint density at radius 3 is 3.12 bits per heavy atom.